The van der Waals surface area contributed by atoms with Gasteiger partial charge in [0.25, 0.3) is 11.8 Å². The summed E-state index contributed by atoms with van der Waals surface area (Å²) in [7, 11) is 0. The molecule has 1 spiro atoms. The van der Waals surface area contributed by atoms with Crippen LogP contribution >= 0.6 is 0 Å². The molecule has 0 aliphatic carbocycles. The summed E-state index contributed by atoms with van der Waals surface area (Å²) in [5, 5.41) is 5.37. The van der Waals surface area contributed by atoms with Crippen molar-refractivity contribution in [3.63, 3.8) is 0 Å². The maximum atomic E-state index is 13.8. The SMILES string of the molecule is CC(C)(C)C[C@H](OC(N)=O)C(=O)N[C@@H]1C(=O)Nc2ccc(F)cc2OC12CCOCC2. The number of rotatable bonds is 4. The van der Waals surface area contributed by atoms with Crippen LogP contribution in [0.5, 0.6) is 5.75 Å². The molecule has 1 aromatic rings. The number of ether oxygens (including phenoxy) is 3. The van der Waals surface area contributed by atoms with Crippen molar-refractivity contribution in [3.05, 3.63) is 24.0 Å². The second kappa shape index (κ2) is 8.70. The summed E-state index contributed by atoms with van der Waals surface area (Å²) in [6.45, 7) is 6.24. The smallest absolute Gasteiger partial charge is 0.405 e. The molecule has 2 aliphatic heterocycles. The van der Waals surface area contributed by atoms with E-state index in [0.29, 0.717) is 31.7 Å². The van der Waals surface area contributed by atoms with Crippen LogP contribution in [0.1, 0.15) is 40.0 Å². The van der Waals surface area contributed by atoms with Gasteiger partial charge in [0.1, 0.15) is 23.2 Å². The fourth-order valence-corrected chi connectivity index (χ4v) is 3.83. The average molecular weight is 437 g/mol. The molecule has 0 unspecified atom stereocenters. The Bertz CT molecular complexity index is 863. The van der Waals surface area contributed by atoms with Crippen LogP contribution in [-0.4, -0.2) is 48.9 Å². The summed E-state index contributed by atoms with van der Waals surface area (Å²) in [6, 6.07) is 2.67. The number of benzene rings is 1. The molecule has 9 nitrogen and oxygen atoms in total. The van der Waals surface area contributed by atoms with Crippen LogP contribution < -0.4 is 21.1 Å². The fraction of sp³-hybridized carbons (Fsp3) is 0.571. The Morgan fingerprint density at radius 2 is 2.03 bits per heavy atom. The molecule has 0 bridgehead atoms. The van der Waals surface area contributed by atoms with E-state index in [2.05, 4.69) is 10.6 Å². The van der Waals surface area contributed by atoms with Crippen LogP contribution in [0.3, 0.4) is 0 Å². The highest BCUT2D eigenvalue weighted by Gasteiger charge is 2.50. The number of halogens is 1. The monoisotopic (exact) mass is 437 g/mol. The molecule has 31 heavy (non-hydrogen) atoms. The third-order valence-corrected chi connectivity index (χ3v) is 5.28. The van der Waals surface area contributed by atoms with Crippen molar-refractivity contribution in [2.75, 3.05) is 18.5 Å². The molecule has 2 heterocycles. The van der Waals surface area contributed by atoms with Crippen molar-refractivity contribution in [1.82, 2.24) is 5.32 Å². The van der Waals surface area contributed by atoms with E-state index >= 15 is 0 Å². The lowest BCUT2D eigenvalue weighted by atomic mass is 9.84. The highest BCUT2D eigenvalue weighted by molar-refractivity contribution is 6.00. The van der Waals surface area contributed by atoms with Crippen molar-refractivity contribution in [3.8, 4) is 5.75 Å². The number of anilines is 1. The number of carbonyl (C=O) groups excluding carboxylic acids is 3. The van der Waals surface area contributed by atoms with Gasteiger partial charge in [-0.3, -0.25) is 9.59 Å². The number of hydrogen-bond donors (Lipinski definition) is 3. The van der Waals surface area contributed by atoms with Gasteiger partial charge >= 0.3 is 6.09 Å². The Morgan fingerprint density at radius 1 is 1.35 bits per heavy atom. The normalized spacial score (nSPS) is 21.2. The van der Waals surface area contributed by atoms with Gasteiger partial charge in [0.05, 0.1) is 18.9 Å². The molecule has 10 heteroatoms. The molecular weight excluding hydrogens is 409 g/mol. The van der Waals surface area contributed by atoms with Crippen LogP contribution in [-0.2, 0) is 19.1 Å². The summed E-state index contributed by atoms with van der Waals surface area (Å²) in [4.78, 5) is 37.5. The molecule has 2 aliphatic rings. The van der Waals surface area contributed by atoms with Crippen LogP contribution in [0.4, 0.5) is 14.9 Å². The standard InChI is InChI=1S/C21H28FN3O6/c1-20(2,3)11-15(30-19(23)28)17(26)25-16-18(27)24-13-5-4-12(22)10-14(13)31-21(16)6-8-29-9-7-21/h4-5,10,15-16H,6-9,11H2,1-3H3,(H2,23,28)(H,24,27)(H,25,26)/t15-,16+/m0/s1. The van der Waals surface area contributed by atoms with Gasteiger partial charge in [0, 0.05) is 18.9 Å². The molecular formula is C21H28FN3O6. The van der Waals surface area contributed by atoms with Gasteiger partial charge in [-0.25, -0.2) is 9.18 Å². The van der Waals surface area contributed by atoms with Crippen molar-refractivity contribution in [2.45, 2.75) is 57.8 Å². The van der Waals surface area contributed by atoms with Crippen molar-refractivity contribution < 1.29 is 33.0 Å². The molecule has 3 amide bonds. The summed E-state index contributed by atoms with van der Waals surface area (Å²) >= 11 is 0. The minimum atomic E-state index is -1.19. The number of fused-ring (bicyclic) bond motifs is 1. The number of primary amides is 1. The lowest BCUT2D eigenvalue weighted by Gasteiger charge is -2.41. The van der Waals surface area contributed by atoms with Crippen LogP contribution in [0.25, 0.3) is 0 Å². The van der Waals surface area contributed by atoms with E-state index in [1.807, 2.05) is 20.8 Å². The number of amides is 3. The zero-order chi connectivity index (χ0) is 22.8. The maximum Gasteiger partial charge on any atom is 0.405 e. The lowest BCUT2D eigenvalue weighted by molar-refractivity contribution is -0.141. The number of nitrogens with two attached hydrogens (primary N) is 1. The molecule has 1 fully saturated rings. The van der Waals surface area contributed by atoms with Crippen molar-refractivity contribution >= 4 is 23.6 Å². The molecule has 4 N–H and O–H groups in total. The third kappa shape index (κ3) is 5.43. The predicted molar refractivity (Wildman–Crippen MR) is 109 cm³/mol. The Hall–Kier alpha value is -2.88. The first-order valence-corrected chi connectivity index (χ1v) is 10.1. The van der Waals surface area contributed by atoms with E-state index in [9.17, 15) is 18.8 Å². The average Bonchev–Trinajstić information content (AvgIpc) is 2.76. The van der Waals surface area contributed by atoms with Crippen LogP contribution in [0.2, 0.25) is 0 Å². The summed E-state index contributed by atoms with van der Waals surface area (Å²) in [5.41, 5.74) is 3.93. The number of carbonyl (C=O) groups is 3. The summed E-state index contributed by atoms with van der Waals surface area (Å²) in [5.74, 6) is -1.53. The Morgan fingerprint density at radius 3 is 2.65 bits per heavy atom. The Kier molecular flexibility index (Phi) is 6.40. The lowest BCUT2D eigenvalue weighted by Crippen LogP contribution is -2.63. The maximum absolute atomic E-state index is 13.8. The minimum Gasteiger partial charge on any atom is -0.482 e. The third-order valence-electron chi connectivity index (χ3n) is 5.28. The van der Waals surface area contributed by atoms with E-state index in [-0.39, 0.29) is 17.6 Å². The molecule has 0 radical (unpaired) electrons. The van der Waals surface area contributed by atoms with E-state index < -0.39 is 41.5 Å². The van der Waals surface area contributed by atoms with E-state index in [0.717, 1.165) is 0 Å². The summed E-state index contributed by atoms with van der Waals surface area (Å²) in [6.07, 6.45) is -1.50. The zero-order valence-corrected chi connectivity index (χ0v) is 17.8. The molecule has 170 valence electrons. The second-order valence-electron chi connectivity index (χ2n) is 9.04. The van der Waals surface area contributed by atoms with E-state index in [4.69, 9.17) is 19.9 Å². The number of nitrogens with one attached hydrogen (secondary N) is 2. The first kappa shape index (κ1) is 22.8. The van der Waals surface area contributed by atoms with Crippen LogP contribution in [0.15, 0.2) is 18.2 Å². The van der Waals surface area contributed by atoms with Gasteiger partial charge in [0.2, 0.25) is 0 Å². The number of hydrogen-bond acceptors (Lipinski definition) is 6. The highest BCUT2D eigenvalue weighted by Crippen LogP contribution is 2.39. The van der Waals surface area contributed by atoms with Gasteiger partial charge in [-0.05, 0) is 24.0 Å². The van der Waals surface area contributed by atoms with Gasteiger partial charge < -0.3 is 30.6 Å². The van der Waals surface area contributed by atoms with Gasteiger partial charge in [-0.2, -0.15) is 0 Å². The highest BCUT2D eigenvalue weighted by atomic mass is 19.1. The molecule has 2 atom stereocenters. The van der Waals surface area contributed by atoms with E-state index in [1.54, 1.807) is 0 Å². The first-order chi connectivity index (χ1) is 14.5. The van der Waals surface area contributed by atoms with Gasteiger partial charge in [-0.1, -0.05) is 20.8 Å². The largest absolute Gasteiger partial charge is 0.482 e. The van der Waals surface area contributed by atoms with Crippen molar-refractivity contribution in [1.29, 1.82) is 0 Å². The van der Waals surface area contributed by atoms with Crippen LogP contribution in [0, 0.1) is 11.2 Å². The van der Waals surface area contributed by atoms with Gasteiger partial charge in [0.15, 0.2) is 6.10 Å². The van der Waals surface area contributed by atoms with Gasteiger partial charge in [-0.15, -0.1) is 0 Å². The van der Waals surface area contributed by atoms with E-state index in [1.165, 1.54) is 18.2 Å². The Balaban J connectivity index is 1.92. The second-order valence-corrected chi connectivity index (χ2v) is 9.04. The first-order valence-electron chi connectivity index (χ1n) is 10.1. The van der Waals surface area contributed by atoms with Crippen molar-refractivity contribution in [2.24, 2.45) is 11.1 Å². The zero-order valence-electron chi connectivity index (χ0n) is 17.8. The Labute approximate surface area is 179 Å². The molecule has 1 aromatic carbocycles. The molecule has 0 saturated carbocycles. The molecule has 3 rings (SSSR count). The predicted octanol–water partition coefficient (Wildman–Crippen LogP) is 2.09. The fourth-order valence-electron chi connectivity index (χ4n) is 3.83. The topological polar surface area (TPSA) is 129 Å². The molecule has 0 aromatic heterocycles. The quantitative estimate of drug-likeness (QED) is 0.662. The molecule has 1 saturated heterocycles. The summed E-state index contributed by atoms with van der Waals surface area (Å²) < 4.78 is 30.4. The minimum absolute atomic E-state index is 0.173.